The van der Waals surface area contributed by atoms with Gasteiger partial charge in [0.2, 0.25) is 0 Å². The minimum absolute atomic E-state index is 0.218. The van der Waals surface area contributed by atoms with Gasteiger partial charge < -0.3 is 5.32 Å². The number of hydrogen-bond acceptors (Lipinski definition) is 3. The molecule has 1 unspecified atom stereocenters. The van der Waals surface area contributed by atoms with Crippen molar-refractivity contribution in [3.8, 4) is 0 Å². The molecule has 0 aliphatic carbocycles. The van der Waals surface area contributed by atoms with Gasteiger partial charge in [-0.3, -0.25) is 9.97 Å². The van der Waals surface area contributed by atoms with E-state index < -0.39 is 0 Å². The zero-order valence-corrected chi connectivity index (χ0v) is 11.0. The zero-order valence-electron chi connectivity index (χ0n) is 11.0. The molecule has 2 aromatic heterocycles. The summed E-state index contributed by atoms with van der Waals surface area (Å²) in [7, 11) is 1.82. The number of aromatic nitrogens is 2. The Balaban J connectivity index is 2.20. The zero-order chi connectivity index (χ0) is 13.9. The van der Waals surface area contributed by atoms with Crippen molar-refractivity contribution in [1.29, 1.82) is 0 Å². The molecule has 0 saturated carbocycles. The third kappa shape index (κ3) is 2.14. The summed E-state index contributed by atoms with van der Waals surface area (Å²) in [5, 5.41) is 5.29. The standard InChI is InChI=1S/C16H14FN3/c1-18-16(14-6-8-20-10-15(14)17)13-4-2-3-11-9-19-7-5-12(11)13/h2-10,16,18H,1H3. The lowest BCUT2D eigenvalue weighted by Crippen LogP contribution is -2.19. The highest BCUT2D eigenvalue weighted by Gasteiger charge is 2.18. The first-order valence-corrected chi connectivity index (χ1v) is 6.40. The molecule has 1 atom stereocenters. The van der Waals surface area contributed by atoms with Gasteiger partial charge in [-0.2, -0.15) is 0 Å². The number of nitrogens with one attached hydrogen (secondary N) is 1. The highest BCUT2D eigenvalue weighted by molar-refractivity contribution is 5.85. The second-order valence-electron chi connectivity index (χ2n) is 4.56. The molecule has 0 aliphatic heterocycles. The molecule has 1 aromatic carbocycles. The SMILES string of the molecule is CNC(c1ccncc1F)c1cccc2cnccc12. The maximum absolute atomic E-state index is 14.0. The van der Waals surface area contributed by atoms with E-state index in [1.54, 1.807) is 18.5 Å². The van der Waals surface area contributed by atoms with Crippen molar-refractivity contribution in [1.82, 2.24) is 15.3 Å². The Hall–Kier alpha value is -2.33. The van der Waals surface area contributed by atoms with E-state index in [0.29, 0.717) is 5.56 Å². The summed E-state index contributed by atoms with van der Waals surface area (Å²) in [6.45, 7) is 0. The molecule has 0 saturated heterocycles. The molecule has 0 spiro atoms. The summed E-state index contributed by atoms with van der Waals surface area (Å²) in [6, 6.07) is 9.40. The highest BCUT2D eigenvalue weighted by atomic mass is 19.1. The van der Waals surface area contributed by atoms with Gasteiger partial charge in [0.05, 0.1) is 12.2 Å². The van der Waals surface area contributed by atoms with Crippen LogP contribution in [0.3, 0.4) is 0 Å². The molecule has 0 bridgehead atoms. The van der Waals surface area contributed by atoms with Gasteiger partial charge in [-0.15, -0.1) is 0 Å². The monoisotopic (exact) mass is 267 g/mol. The predicted octanol–water partition coefficient (Wildman–Crippen LogP) is 3.08. The Labute approximate surface area is 116 Å². The van der Waals surface area contributed by atoms with Crippen molar-refractivity contribution < 1.29 is 4.39 Å². The van der Waals surface area contributed by atoms with Crippen molar-refractivity contribution >= 4 is 10.8 Å². The maximum atomic E-state index is 14.0. The van der Waals surface area contributed by atoms with E-state index >= 15 is 0 Å². The second kappa shape index (κ2) is 5.35. The molecule has 2 heterocycles. The van der Waals surface area contributed by atoms with Crippen molar-refractivity contribution in [2.24, 2.45) is 0 Å². The van der Waals surface area contributed by atoms with Crippen LogP contribution in [0.15, 0.2) is 55.1 Å². The van der Waals surface area contributed by atoms with Crippen molar-refractivity contribution in [2.45, 2.75) is 6.04 Å². The fraction of sp³-hybridized carbons (Fsp3) is 0.125. The van der Waals surface area contributed by atoms with Crippen molar-refractivity contribution in [3.63, 3.8) is 0 Å². The molecule has 3 nitrogen and oxygen atoms in total. The van der Waals surface area contributed by atoms with Crippen LogP contribution in [-0.4, -0.2) is 17.0 Å². The number of benzene rings is 1. The average molecular weight is 267 g/mol. The smallest absolute Gasteiger partial charge is 0.146 e. The summed E-state index contributed by atoms with van der Waals surface area (Å²) < 4.78 is 14.0. The third-order valence-electron chi connectivity index (χ3n) is 3.43. The van der Waals surface area contributed by atoms with E-state index in [1.807, 2.05) is 37.5 Å². The predicted molar refractivity (Wildman–Crippen MR) is 76.8 cm³/mol. The van der Waals surface area contributed by atoms with Gasteiger partial charge in [-0.25, -0.2) is 4.39 Å². The van der Waals surface area contributed by atoms with E-state index in [4.69, 9.17) is 0 Å². The lowest BCUT2D eigenvalue weighted by molar-refractivity contribution is 0.572. The van der Waals surface area contributed by atoms with Crippen molar-refractivity contribution in [2.75, 3.05) is 7.05 Å². The molecule has 3 aromatic rings. The van der Waals surface area contributed by atoms with Gasteiger partial charge in [-0.05, 0) is 30.1 Å². The first-order chi connectivity index (χ1) is 9.81. The van der Waals surface area contributed by atoms with E-state index in [-0.39, 0.29) is 11.9 Å². The number of pyridine rings is 2. The molecule has 0 radical (unpaired) electrons. The van der Waals surface area contributed by atoms with Crippen LogP contribution in [0.25, 0.3) is 10.8 Å². The number of fused-ring (bicyclic) bond motifs is 1. The highest BCUT2D eigenvalue weighted by Crippen LogP contribution is 2.29. The first kappa shape index (κ1) is 12.7. The molecule has 3 rings (SSSR count). The Morgan fingerprint density at radius 3 is 2.60 bits per heavy atom. The molecule has 20 heavy (non-hydrogen) atoms. The second-order valence-corrected chi connectivity index (χ2v) is 4.56. The first-order valence-electron chi connectivity index (χ1n) is 6.40. The van der Waals surface area contributed by atoms with Crippen LogP contribution in [0, 0.1) is 5.82 Å². The number of halogens is 1. The quantitative estimate of drug-likeness (QED) is 0.792. The lowest BCUT2D eigenvalue weighted by atomic mass is 9.95. The van der Waals surface area contributed by atoms with Gasteiger partial charge in [0.25, 0.3) is 0 Å². The van der Waals surface area contributed by atoms with E-state index in [9.17, 15) is 4.39 Å². The van der Waals surface area contributed by atoms with Crippen LogP contribution < -0.4 is 5.32 Å². The number of hydrogen-bond donors (Lipinski definition) is 1. The molecule has 0 fully saturated rings. The Kier molecular flexibility index (Phi) is 3.39. The van der Waals surface area contributed by atoms with Crippen LogP contribution in [0.4, 0.5) is 4.39 Å². The molecule has 100 valence electrons. The van der Waals surface area contributed by atoms with Gasteiger partial charge in [0.1, 0.15) is 5.82 Å². The summed E-state index contributed by atoms with van der Waals surface area (Å²) in [6.07, 6.45) is 6.41. The largest absolute Gasteiger partial charge is 0.309 e. The van der Waals surface area contributed by atoms with Gasteiger partial charge in [0.15, 0.2) is 0 Å². The number of nitrogens with zero attached hydrogens (tertiary/aromatic N) is 2. The normalized spacial score (nSPS) is 12.5. The Bertz CT molecular complexity index is 737. The van der Waals surface area contributed by atoms with Crippen LogP contribution in [0.1, 0.15) is 17.2 Å². The topological polar surface area (TPSA) is 37.8 Å². The maximum Gasteiger partial charge on any atom is 0.146 e. The average Bonchev–Trinajstić information content (AvgIpc) is 2.50. The molecule has 0 aliphatic rings. The molecular formula is C16H14FN3. The Morgan fingerprint density at radius 1 is 1.00 bits per heavy atom. The fourth-order valence-corrected chi connectivity index (χ4v) is 2.50. The van der Waals surface area contributed by atoms with Gasteiger partial charge in [0, 0.05) is 29.5 Å². The summed E-state index contributed by atoms with van der Waals surface area (Å²) in [5.41, 5.74) is 1.62. The fourth-order valence-electron chi connectivity index (χ4n) is 2.50. The van der Waals surface area contributed by atoms with Gasteiger partial charge in [-0.1, -0.05) is 18.2 Å². The van der Waals surface area contributed by atoms with Crippen LogP contribution >= 0.6 is 0 Å². The molecule has 1 N–H and O–H groups in total. The third-order valence-corrected chi connectivity index (χ3v) is 3.43. The molecule has 4 heteroatoms. The minimum Gasteiger partial charge on any atom is -0.309 e. The lowest BCUT2D eigenvalue weighted by Gasteiger charge is -2.19. The molecular weight excluding hydrogens is 253 g/mol. The Morgan fingerprint density at radius 2 is 1.80 bits per heavy atom. The van der Waals surface area contributed by atoms with Gasteiger partial charge >= 0.3 is 0 Å². The van der Waals surface area contributed by atoms with Crippen molar-refractivity contribution in [3.05, 3.63) is 72.1 Å². The van der Waals surface area contributed by atoms with E-state index in [2.05, 4.69) is 15.3 Å². The van der Waals surface area contributed by atoms with E-state index in [1.165, 1.54) is 6.20 Å². The van der Waals surface area contributed by atoms with Crippen LogP contribution in [0.5, 0.6) is 0 Å². The van der Waals surface area contributed by atoms with Crippen LogP contribution in [-0.2, 0) is 0 Å². The summed E-state index contributed by atoms with van der Waals surface area (Å²) in [5.74, 6) is -0.307. The molecule has 0 amide bonds. The number of rotatable bonds is 3. The summed E-state index contributed by atoms with van der Waals surface area (Å²) in [4.78, 5) is 7.93. The minimum atomic E-state index is -0.307. The summed E-state index contributed by atoms with van der Waals surface area (Å²) >= 11 is 0. The van der Waals surface area contributed by atoms with E-state index in [0.717, 1.165) is 16.3 Å². The van der Waals surface area contributed by atoms with Crippen LogP contribution in [0.2, 0.25) is 0 Å².